The highest BCUT2D eigenvalue weighted by Gasteiger charge is 1.83. The molecular weight excluding hydrogens is 106 g/mol. The standard InChI is InChI=1S/C3H2F2O2/c4-2(5)1-3(6)7/h1H,(H,6,7)/p-1. The Bertz CT molecular complexity index is 104. The third-order valence-electron chi connectivity index (χ3n) is 0.227. The van der Waals surface area contributed by atoms with E-state index in [0.29, 0.717) is 0 Å². The molecule has 0 amide bonds. The van der Waals surface area contributed by atoms with Crippen LogP contribution in [0.2, 0.25) is 0 Å². The Kier molecular flexibility index (Phi) is 1.98. The summed E-state index contributed by atoms with van der Waals surface area (Å²) in [5, 5.41) is 9.14. The molecule has 0 aromatic heterocycles. The molecule has 0 fully saturated rings. The van der Waals surface area contributed by atoms with E-state index in [4.69, 9.17) is 9.90 Å². The highest BCUT2D eigenvalue weighted by molar-refractivity contribution is 5.77. The lowest BCUT2D eigenvalue weighted by Gasteiger charge is -1.84. The summed E-state index contributed by atoms with van der Waals surface area (Å²) in [6.07, 6.45) is -2.53. The number of carbonyl (C=O) groups excluding carboxylic acids is 1. The monoisotopic (exact) mass is 107 g/mol. The van der Waals surface area contributed by atoms with Crippen molar-refractivity contribution < 1.29 is 18.7 Å². The quantitative estimate of drug-likeness (QED) is 0.424. The van der Waals surface area contributed by atoms with Gasteiger partial charge >= 0.3 is 0 Å². The minimum atomic E-state index is -2.25. The topological polar surface area (TPSA) is 40.1 Å². The summed E-state index contributed by atoms with van der Waals surface area (Å²) in [4.78, 5) is 9.14. The fourth-order valence-electron chi connectivity index (χ4n) is 0.0891. The number of aliphatic carboxylic acids is 1. The van der Waals surface area contributed by atoms with Crippen LogP contribution >= 0.6 is 0 Å². The SMILES string of the molecule is O=C([O-])C=C(F)F. The molecular formula is C3HF2O2-. The van der Waals surface area contributed by atoms with E-state index in [-0.39, 0.29) is 6.08 Å². The maximum atomic E-state index is 10.7. The molecule has 0 saturated carbocycles. The molecule has 0 spiro atoms. The van der Waals surface area contributed by atoms with Gasteiger partial charge in [-0.2, -0.15) is 8.78 Å². The molecule has 40 valence electrons. The molecule has 0 rings (SSSR count). The highest BCUT2D eigenvalue weighted by Crippen LogP contribution is 1.92. The molecule has 0 aromatic carbocycles. The second-order valence-electron chi connectivity index (χ2n) is 0.753. The van der Waals surface area contributed by atoms with Crippen LogP contribution in [0.1, 0.15) is 0 Å². The average Bonchev–Trinajstić information content (AvgIpc) is 1.27. The Labute approximate surface area is 38.1 Å². The first-order chi connectivity index (χ1) is 3.13. The van der Waals surface area contributed by atoms with Gasteiger partial charge in [-0.1, -0.05) is 0 Å². The lowest BCUT2D eigenvalue weighted by atomic mass is 10.6. The van der Waals surface area contributed by atoms with Crippen molar-refractivity contribution in [1.82, 2.24) is 0 Å². The van der Waals surface area contributed by atoms with Crippen molar-refractivity contribution in [2.24, 2.45) is 0 Å². The van der Waals surface area contributed by atoms with Gasteiger partial charge in [-0.15, -0.1) is 0 Å². The van der Waals surface area contributed by atoms with Crippen molar-refractivity contribution in [3.05, 3.63) is 12.2 Å². The van der Waals surface area contributed by atoms with Crippen LogP contribution in [0.4, 0.5) is 8.78 Å². The average molecular weight is 107 g/mol. The fraction of sp³-hybridized carbons (Fsp3) is 0. The predicted molar refractivity (Wildman–Crippen MR) is 15.3 cm³/mol. The number of hydrogen-bond acceptors (Lipinski definition) is 2. The zero-order chi connectivity index (χ0) is 5.86. The molecule has 0 aliphatic rings. The largest absolute Gasteiger partial charge is 0.545 e. The summed E-state index contributed by atoms with van der Waals surface area (Å²) in [6, 6.07) is 0. The number of halogens is 2. The summed E-state index contributed by atoms with van der Waals surface area (Å²) in [6.45, 7) is 0. The van der Waals surface area contributed by atoms with Crippen molar-refractivity contribution in [3.63, 3.8) is 0 Å². The van der Waals surface area contributed by atoms with Crippen LogP contribution in [0.3, 0.4) is 0 Å². The van der Waals surface area contributed by atoms with Crippen LogP contribution in [-0.4, -0.2) is 5.97 Å². The van der Waals surface area contributed by atoms with Gasteiger partial charge in [0.15, 0.2) is 0 Å². The summed E-state index contributed by atoms with van der Waals surface area (Å²) in [5.41, 5.74) is 0. The normalized spacial score (nSPS) is 7.71. The summed E-state index contributed by atoms with van der Waals surface area (Å²) in [7, 11) is 0. The molecule has 0 unspecified atom stereocenters. The second-order valence-corrected chi connectivity index (χ2v) is 0.753. The smallest absolute Gasteiger partial charge is 0.272 e. The van der Waals surface area contributed by atoms with E-state index < -0.39 is 12.0 Å². The molecule has 0 aliphatic carbocycles. The van der Waals surface area contributed by atoms with Gasteiger partial charge in [-0.05, 0) is 0 Å². The third-order valence-corrected chi connectivity index (χ3v) is 0.227. The Hall–Kier alpha value is -0.930. The summed E-state index contributed by atoms with van der Waals surface area (Å²) in [5.74, 6) is -1.88. The van der Waals surface area contributed by atoms with Crippen molar-refractivity contribution in [3.8, 4) is 0 Å². The van der Waals surface area contributed by atoms with Crippen LogP contribution < -0.4 is 5.11 Å². The highest BCUT2D eigenvalue weighted by atomic mass is 19.3. The number of hydrogen-bond donors (Lipinski definition) is 0. The zero-order valence-electron chi connectivity index (χ0n) is 3.15. The van der Waals surface area contributed by atoms with Crippen molar-refractivity contribution in [1.29, 1.82) is 0 Å². The summed E-state index contributed by atoms with van der Waals surface area (Å²) < 4.78 is 21.5. The van der Waals surface area contributed by atoms with Crippen molar-refractivity contribution in [2.75, 3.05) is 0 Å². The Balaban J connectivity index is 3.68. The lowest BCUT2D eigenvalue weighted by Crippen LogP contribution is -2.18. The van der Waals surface area contributed by atoms with Crippen molar-refractivity contribution >= 4 is 5.97 Å². The van der Waals surface area contributed by atoms with Gasteiger partial charge in [0.25, 0.3) is 6.08 Å². The maximum Gasteiger partial charge on any atom is 0.272 e. The van der Waals surface area contributed by atoms with E-state index in [0.717, 1.165) is 0 Å². The first-order valence-electron chi connectivity index (χ1n) is 1.36. The van der Waals surface area contributed by atoms with Crippen LogP contribution in [-0.2, 0) is 4.79 Å². The Morgan fingerprint density at radius 3 is 2.00 bits per heavy atom. The van der Waals surface area contributed by atoms with E-state index in [2.05, 4.69) is 0 Å². The molecule has 7 heavy (non-hydrogen) atoms. The van der Waals surface area contributed by atoms with E-state index >= 15 is 0 Å². The van der Waals surface area contributed by atoms with E-state index in [1.165, 1.54) is 0 Å². The molecule has 4 heteroatoms. The van der Waals surface area contributed by atoms with Crippen LogP contribution in [0.25, 0.3) is 0 Å². The van der Waals surface area contributed by atoms with E-state index in [9.17, 15) is 8.78 Å². The molecule has 0 bridgehead atoms. The second kappa shape index (κ2) is 2.28. The maximum absolute atomic E-state index is 10.7. The minimum Gasteiger partial charge on any atom is -0.545 e. The van der Waals surface area contributed by atoms with Gasteiger partial charge in [-0.25, -0.2) is 0 Å². The fourth-order valence-corrected chi connectivity index (χ4v) is 0.0891. The molecule has 0 atom stereocenters. The van der Waals surface area contributed by atoms with Gasteiger partial charge in [0.2, 0.25) is 0 Å². The summed E-state index contributed by atoms with van der Waals surface area (Å²) >= 11 is 0. The van der Waals surface area contributed by atoms with Crippen LogP contribution in [0.5, 0.6) is 0 Å². The Morgan fingerprint density at radius 1 is 1.57 bits per heavy atom. The first kappa shape index (κ1) is 6.07. The van der Waals surface area contributed by atoms with Gasteiger partial charge in [0, 0.05) is 6.08 Å². The van der Waals surface area contributed by atoms with Gasteiger partial charge in [0.1, 0.15) is 0 Å². The Morgan fingerprint density at radius 2 is 2.00 bits per heavy atom. The zero-order valence-corrected chi connectivity index (χ0v) is 3.15. The molecule has 0 aliphatic heterocycles. The molecule has 0 aromatic rings. The number of carbonyl (C=O) groups is 1. The number of rotatable bonds is 1. The predicted octanol–water partition coefficient (Wildman–Crippen LogP) is -0.483. The van der Waals surface area contributed by atoms with Gasteiger partial charge in [0.05, 0.1) is 5.97 Å². The van der Waals surface area contributed by atoms with Gasteiger partial charge in [-0.3, -0.25) is 0 Å². The molecule has 0 heterocycles. The van der Waals surface area contributed by atoms with Crippen LogP contribution in [0, 0.1) is 0 Å². The molecule has 0 radical (unpaired) electrons. The van der Waals surface area contributed by atoms with Gasteiger partial charge < -0.3 is 9.90 Å². The number of carboxylic acids is 1. The first-order valence-corrected chi connectivity index (χ1v) is 1.36. The van der Waals surface area contributed by atoms with Crippen molar-refractivity contribution in [2.45, 2.75) is 0 Å². The lowest BCUT2D eigenvalue weighted by molar-refractivity contribution is -0.297. The molecule has 0 saturated heterocycles. The number of carboxylic acid groups (broad SMARTS) is 1. The third kappa shape index (κ3) is 5.07. The molecule has 0 N–H and O–H groups in total. The van der Waals surface area contributed by atoms with E-state index in [1.807, 2.05) is 0 Å². The molecule has 2 nitrogen and oxygen atoms in total. The minimum absolute atomic E-state index is 0.278. The van der Waals surface area contributed by atoms with E-state index in [1.54, 1.807) is 0 Å². The van der Waals surface area contributed by atoms with Crippen LogP contribution in [0.15, 0.2) is 12.2 Å².